The Hall–Kier alpha value is -3.02. The Bertz CT molecular complexity index is 876. The Morgan fingerprint density at radius 3 is 2.36 bits per heavy atom. The summed E-state index contributed by atoms with van der Waals surface area (Å²) in [6.45, 7) is 5.89. The van der Waals surface area contributed by atoms with Crippen molar-refractivity contribution in [3.8, 4) is 17.1 Å². The Morgan fingerprint density at radius 2 is 1.70 bits per heavy atom. The first kappa shape index (κ1) is 26.2. The van der Waals surface area contributed by atoms with Crippen LogP contribution in [0, 0.1) is 0 Å². The molecule has 33 heavy (non-hydrogen) atoms. The van der Waals surface area contributed by atoms with Gasteiger partial charge in [-0.05, 0) is 44.6 Å². The number of carbonyl (C=O) groups is 2. The number of carbonyl (C=O) groups excluding carboxylic acids is 2. The lowest BCUT2D eigenvalue weighted by molar-refractivity contribution is -0.148. The Labute approximate surface area is 197 Å². The van der Waals surface area contributed by atoms with Crippen molar-refractivity contribution in [3.63, 3.8) is 0 Å². The molecular formula is C27H36N2O4. The van der Waals surface area contributed by atoms with Gasteiger partial charge in [0.2, 0.25) is 0 Å². The number of benzene rings is 1. The lowest BCUT2D eigenvalue weighted by atomic mass is 10.0. The molecule has 178 valence electrons. The molecule has 0 fully saturated rings. The minimum absolute atomic E-state index is 0.0264. The summed E-state index contributed by atoms with van der Waals surface area (Å²) in [6, 6.07) is 8.17. The molecule has 1 aromatic heterocycles. The van der Waals surface area contributed by atoms with E-state index in [-0.39, 0.29) is 24.5 Å². The SMILES string of the molecule is CCCC/C=C\CC(=O)Oc1cnc(-c2ccc(CCCCC(C)OC(=O)CC)cc2)nc1. The van der Waals surface area contributed by atoms with E-state index in [0.717, 1.165) is 50.5 Å². The number of unbranched alkanes of at least 4 members (excludes halogenated alkanes) is 3. The standard InChI is InChI=1S/C27H36N2O4/c1-4-6-7-8-9-14-26(31)33-24-19-28-27(29-20-24)23-17-15-22(16-18-23)13-11-10-12-21(3)32-25(30)5-2/h8-9,15-21H,4-7,10-14H2,1-3H3/b9-8-. The lowest BCUT2D eigenvalue weighted by Gasteiger charge is -2.12. The monoisotopic (exact) mass is 452 g/mol. The molecular weight excluding hydrogens is 416 g/mol. The van der Waals surface area contributed by atoms with Gasteiger partial charge in [0.1, 0.15) is 0 Å². The molecule has 1 unspecified atom stereocenters. The second-order valence-corrected chi connectivity index (χ2v) is 8.13. The van der Waals surface area contributed by atoms with Crippen LogP contribution in [0.1, 0.15) is 77.7 Å². The zero-order chi connectivity index (χ0) is 23.9. The minimum Gasteiger partial charge on any atom is -0.463 e. The molecule has 6 heteroatoms. The molecule has 2 aromatic rings. The first-order valence-electron chi connectivity index (χ1n) is 12.0. The highest BCUT2D eigenvalue weighted by Crippen LogP contribution is 2.19. The van der Waals surface area contributed by atoms with Crippen LogP contribution in [0.25, 0.3) is 11.4 Å². The molecule has 0 aliphatic rings. The van der Waals surface area contributed by atoms with E-state index in [1.807, 2.05) is 38.1 Å². The summed E-state index contributed by atoms with van der Waals surface area (Å²) >= 11 is 0. The number of aromatic nitrogens is 2. The Balaban J connectivity index is 1.76. The van der Waals surface area contributed by atoms with Crippen LogP contribution in [0.2, 0.25) is 0 Å². The zero-order valence-corrected chi connectivity index (χ0v) is 20.1. The van der Waals surface area contributed by atoms with E-state index in [9.17, 15) is 9.59 Å². The summed E-state index contributed by atoms with van der Waals surface area (Å²) in [6.07, 6.45) is 14.7. The van der Waals surface area contributed by atoms with Gasteiger partial charge in [0, 0.05) is 12.0 Å². The van der Waals surface area contributed by atoms with Gasteiger partial charge in [-0.25, -0.2) is 9.97 Å². The number of esters is 2. The molecule has 1 atom stereocenters. The molecule has 1 heterocycles. The summed E-state index contributed by atoms with van der Waals surface area (Å²) in [5, 5.41) is 0. The van der Waals surface area contributed by atoms with Crippen molar-refractivity contribution in [2.75, 3.05) is 0 Å². The largest absolute Gasteiger partial charge is 0.463 e. The maximum Gasteiger partial charge on any atom is 0.315 e. The highest BCUT2D eigenvalue weighted by atomic mass is 16.5. The van der Waals surface area contributed by atoms with Gasteiger partial charge >= 0.3 is 11.9 Å². The van der Waals surface area contributed by atoms with Crippen molar-refractivity contribution in [2.24, 2.45) is 0 Å². The smallest absolute Gasteiger partial charge is 0.315 e. The van der Waals surface area contributed by atoms with Crippen molar-refractivity contribution < 1.29 is 19.1 Å². The van der Waals surface area contributed by atoms with E-state index in [2.05, 4.69) is 29.0 Å². The van der Waals surface area contributed by atoms with Gasteiger partial charge in [-0.3, -0.25) is 9.59 Å². The van der Waals surface area contributed by atoms with E-state index in [0.29, 0.717) is 18.0 Å². The van der Waals surface area contributed by atoms with Crippen LogP contribution < -0.4 is 4.74 Å². The second-order valence-electron chi connectivity index (χ2n) is 8.13. The molecule has 0 amide bonds. The van der Waals surface area contributed by atoms with Crippen molar-refractivity contribution in [1.82, 2.24) is 9.97 Å². The molecule has 0 aliphatic carbocycles. The number of rotatable bonds is 14. The fourth-order valence-corrected chi connectivity index (χ4v) is 3.26. The first-order chi connectivity index (χ1) is 16.0. The molecule has 0 aliphatic heterocycles. The first-order valence-corrected chi connectivity index (χ1v) is 12.0. The predicted molar refractivity (Wildman–Crippen MR) is 130 cm³/mol. The van der Waals surface area contributed by atoms with Crippen LogP contribution in [0.15, 0.2) is 48.8 Å². The van der Waals surface area contributed by atoms with Crippen molar-refractivity contribution in [1.29, 1.82) is 0 Å². The second kappa shape index (κ2) is 14.9. The molecule has 0 N–H and O–H groups in total. The molecule has 0 bridgehead atoms. The van der Waals surface area contributed by atoms with E-state index in [4.69, 9.17) is 9.47 Å². The quantitative estimate of drug-likeness (QED) is 0.192. The van der Waals surface area contributed by atoms with E-state index in [1.165, 1.54) is 18.0 Å². The van der Waals surface area contributed by atoms with Gasteiger partial charge in [0.05, 0.1) is 24.9 Å². The van der Waals surface area contributed by atoms with E-state index in [1.54, 1.807) is 0 Å². The van der Waals surface area contributed by atoms with Gasteiger partial charge in [-0.1, -0.05) is 63.1 Å². The molecule has 0 saturated heterocycles. The average molecular weight is 453 g/mol. The minimum atomic E-state index is -0.318. The summed E-state index contributed by atoms with van der Waals surface area (Å²) in [4.78, 5) is 31.9. The number of ether oxygens (including phenoxy) is 2. The molecule has 1 aromatic carbocycles. The van der Waals surface area contributed by atoms with Crippen LogP contribution in [-0.2, 0) is 20.7 Å². The molecule has 0 radical (unpaired) electrons. The highest BCUT2D eigenvalue weighted by molar-refractivity contribution is 5.73. The van der Waals surface area contributed by atoms with E-state index < -0.39 is 0 Å². The molecule has 0 saturated carbocycles. The topological polar surface area (TPSA) is 78.4 Å². The third-order valence-electron chi connectivity index (χ3n) is 5.19. The molecule has 6 nitrogen and oxygen atoms in total. The Kier molecular flexibility index (Phi) is 11.9. The summed E-state index contributed by atoms with van der Waals surface area (Å²) in [7, 11) is 0. The van der Waals surface area contributed by atoms with Gasteiger partial charge in [0.25, 0.3) is 0 Å². The summed E-state index contributed by atoms with van der Waals surface area (Å²) in [5.41, 5.74) is 2.16. The highest BCUT2D eigenvalue weighted by Gasteiger charge is 2.08. The van der Waals surface area contributed by atoms with Gasteiger partial charge in [-0.15, -0.1) is 0 Å². The summed E-state index contributed by atoms with van der Waals surface area (Å²) < 4.78 is 10.6. The zero-order valence-electron chi connectivity index (χ0n) is 20.1. The summed E-state index contributed by atoms with van der Waals surface area (Å²) in [5.74, 6) is 0.483. The van der Waals surface area contributed by atoms with Gasteiger partial charge in [0.15, 0.2) is 11.6 Å². The number of hydrogen-bond donors (Lipinski definition) is 0. The van der Waals surface area contributed by atoms with Gasteiger partial charge in [-0.2, -0.15) is 0 Å². The maximum absolute atomic E-state index is 11.9. The van der Waals surface area contributed by atoms with Crippen molar-refractivity contribution in [3.05, 3.63) is 54.4 Å². The number of aryl methyl sites for hydroxylation is 1. The molecule has 0 spiro atoms. The van der Waals surface area contributed by atoms with Crippen LogP contribution in [0.3, 0.4) is 0 Å². The maximum atomic E-state index is 11.9. The van der Waals surface area contributed by atoms with Crippen LogP contribution in [0.5, 0.6) is 5.75 Å². The van der Waals surface area contributed by atoms with Crippen molar-refractivity contribution in [2.45, 2.75) is 84.7 Å². The Morgan fingerprint density at radius 1 is 0.970 bits per heavy atom. The number of hydrogen-bond acceptors (Lipinski definition) is 6. The average Bonchev–Trinajstić information content (AvgIpc) is 2.82. The third kappa shape index (κ3) is 10.4. The number of allylic oxidation sites excluding steroid dienone is 1. The fraction of sp³-hybridized carbons (Fsp3) is 0.481. The van der Waals surface area contributed by atoms with Crippen LogP contribution >= 0.6 is 0 Å². The van der Waals surface area contributed by atoms with Crippen molar-refractivity contribution >= 4 is 11.9 Å². The van der Waals surface area contributed by atoms with Gasteiger partial charge < -0.3 is 9.47 Å². The normalized spacial score (nSPS) is 12.0. The van der Waals surface area contributed by atoms with Crippen LogP contribution in [-0.4, -0.2) is 28.0 Å². The molecule has 2 rings (SSSR count). The number of nitrogens with zero attached hydrogens (tertiary/aromatic N) is 2. The lowest BCUT2D eigenvalue weighted by Crippen LogP contribution is -2.13. The third-order valence-corrected chi connectivity index (χ3v) is 5.19. The van der Waals surface area contributed by atoms with E-state index >= 15 is 0 Å². The van der Waals surface area contributed by atoms with Crippen LogP contribution in [0.4, 0.5) is 0 Å². The predicted octanol–water partition coefficient (Wildman–Crippen LogP) is 6.24. The fourth-order valence-electron chi connectivity index (χ4n) is 3.26.